The predicted molar refractivity (Wildman–Crippen MR) is 72.5 cm³/mol. The van der Waals surface area contributed by atoms with E-state index in [0.29, 0.717) is 24.7 Å². The van der Waals surface area contributed by atoms with E-state index in [0.717, 1.165) is 19.6 Å². The summed E-state index contributed by atoms with van der Waals surface area (Å²) >= 11 is 0. The first-order chi connectivity index (χ1) is 8.69. The van der Waals surface area contributed by atoms with Gasteiger partial charge in [0.1, 0.15) is 0 Å². The molecular weight excluding hydrogens is 222 g/mol. The third-order valence-corrected chi connectivity index (χ3v) is 3.89. The predicted octanol–water partition coefficient (Wildman–Crippen LogP) is 3.11. The van der Waals surface area contributed by atoms with E-state index in [1.165, 1.54) is 18.4 Å². The minimum absolute atomic E-state index is 0.551. The van der Waals surface area contributed by atoms with E-state index >= 15 is 0 Å². The van der Waals surface area contributed by atoms with E-state index in [1.54, 1.807) is 0 Å². The zero-order valence-electron chi connectivity index (χ0n) is 11.5. The van der Waals surface area contributed by atoms with Crippen LogP contribution in [0.25, 0.3) is 0 Å². The molecule has 0 aromatic carbocycles. The molecule has 0 heterocycles. The molecule has 0 bridgehead atoms. The van der Waals surface area contributed by atoms with Crippen LogP contribution in [0.3, 0.4) is 0 Å². The van der Waals surface area contributed by atoms with Crippen molar-refractivity contribution in [3.05, 3.63) is 11.6 Å². The zero-order valence-corrected chi connectivity index (χ0v) is 11.5. The highest BCUT2D eigenvalue weighted by molar-refractivity contribution is 5.09. The van der Waals surface area contributed by atoms with E-state index in [1.807, 2.05) is 0 Å². The van der Waals surface area contributed by atoms with Crippen LogP contribution in [-0.4, -0.2) is 24.5 Å². The van der Waals surface area contributed by atoms with Gasteiger partial charge in [-0.3, -0.25) is 0 Å². The first-order valence-corrected chi connectivity index (χ1v) is 6.82. The van der Waals surface area contributed by atoms with Gasteiger partial charge < -0.3 is 4.90 Å². The van der Waals surface area contributed by atoms with Crippen LogP contribution < -0.4 is 0 Å². The minimum Gasteiger partial charge on any atom is -0.301 e. The molecule has 0 saturated carbocycles. The molecule has 1 rings (SSSR count). The van der Waals surface area contributed by atoms with Gasteiger partial charge in [-0.1, -0.05) is 18.6 Å². The summed E-state index contributed by atoms with van der Waals surface area (Å²) in [6, 6.07) is 4.39. The number of nitrogens with zero attached hydrogens (tertiary/aromatic N) is 3. The normalized spacial score (nSPS) is 23.3. The van der Waals surface area contributed by atoms with Gasteiger partial charge in [0, 0.05) is 32.5 Å². The SMILES string of the molecule is CC1=CCC[C@@H](C)[C@H]1CN(CCC#N)CCC#N. The quantitative estimate of drug-likeness (QED) is 0.676. The topological polar surface area (TPSA) is 50.8 Å². The van der Waals surface area contributed by atoms with E-state index < -0.39 is 0 Å². The van der Waals surface area contributed by atoms with Gasteiger partial charge in [0.2, 0.25) is 0 Å². The summed E-state index contributed by atoms with van der Waals surface area (Å²) in [4.78, 5) is 2.27. The lowest BCUT2D eigenvalue weighted by Gasteiger charge is -2.33. The van der Waals surface area contributed by atoms with E-state index in [-0.39, 0.29) is 0 Å². The maximum atomic E-state index is 8.70. The fourth-order valence-electron chi connectivity index (χ4n) is 2.69. The molecule has 1 aliphatic rings. The highest BCUT2D eigenvalue weighted by atomic mass is 15.1. The van der Waals surface area contributed by atoms with Crippen LogP contribution >= 0.6 is 0 Å². The fourth-order valence-corrected chi connectivity index (χ4v) is 2.69. The molecule has 0 fully saturated rings. The third-order valence-electron chi connectivity index (χ3n) is 3.89. The van der Waals surface area contributed by atoms with Gasteiger partial charge in [0.15, 0.2) is 0 Å². The Labute approximate surface area is 111 Å². The maximum absolute atomic E-state index is 8.70. The van der Waals surface area contributed by atoms with Gasteiger partial charge in [0.05, 0.1) is 12.1 Å². The summed E-state index contributed by atoms with van der Waals surface area (Å²) in [5, 5.41) is 17.4. The van der Waals surface area contributed by atoms with Crippen molar-refractivity contribution in [1.29, 1.82) is 10.5 Å². The second kappa shape index (κ2) is 7.90. The lowest BCUT2D eigenvalue weighted by molar-refractivity contribution is 0.212. The summed E-state index contributed by atoms with van der Waals surface area (Å²) in [6.07, 6.45) is 5.90. The summed E-state index contributed by atoms with van der Waals surface area (Å²) in [5.41, 5.74) is 1.48. The highest BCUT2D eigenvalue weighted by Crippen LogP contribution is 2.30. The molecular formula is C15H23N3. The number of rotatable bonds is 6. The molecule has 0 unspecified atom stereocenters. The van der Waals surface area contributed by atoms with Crippen molar-refractivity contribution in [1.82, 2.24) is 4.90 Å². The van der Waals surface area contributed by atoms with Crippen molar-refractivity contribution in [2.24, 2.45) is 11.8 Å². The monoisotopic (exact) mass is 245 g/mol. The largest absolute Gasteiger partial charge is 0.301 e. The summed E-state index contributed by atoms with van der Waals surface area (Å²) in [5.74, 6) is 1.30. The Hall–Kier alpha value is -1.32. The second-order valence-corrected chi connectivity index (χ2v) is 5.23. The summed E-state index contributed by atoms with van der Waals surface area (Å²) in [6.45, 7) is 7.09. The smallest absolute Gasteiger partial charge is 0.0635 e. The van der Waals surface area contributed by atoms with Gasteiger partial charge in [0.25, 0.3) is 0 Å². The lowest BCUT2D eigenvalue weighted by Crippen LogP contribution is -2.35. The fraction of sp³-hybridized carbons (Fsp3) is 0.733. The zero-order chi connectivity index (χ0) is 13.4. The minimum atomic E-state index is 0.551. The standard InChI is InChI=1S/C15H23N3/c1-13-6-3-7-14(2)15(13)12-18(10-4-8-16)11-5-9-17/h6,14-15H,3-5,7,10-12H2,1-2H3/t14-,15+/m1/s1. The molecule has 0 N–H and O–H groups in total. The van der Waals surface area contributed by atoms with Gasteiger partial charge in [-0.2, -0.15) is 10.5 Å². The average Bonchev–Trinajstić information content (AvgIpc) is 2.36. The molecule has 3 nitrogen and oxygen atoms in total. The van der Waals surface area contributed by atoms with Crippen molar-refractivity contribution in [3.63, 3.8) is 0 Å². The Balaban J connectivity index is 2.58. The van der Waals surface area contributed by atoms with Crippen LogP contribution in [0.2, 0.25) is 0 Å². The Morgan fingerprint density at radius 3 is 2.39 bits per heavy atom. The number of hydrogen-bond donors (Lipinski definition) is 0. The molecule has 0 spiro atoms. The second-order valence-electron chi connectivity index (χ2n) is 5.23. The lowest BCUT2D eigenvalue weighted by atomic mass is 9.80. The van der Waals surface area contributed by atoms with E-state index in [4.69, 9.17) is 10.5 Å². The molecule has 0 aromatic heterocycles. The number of nitriles is 2. The van der Waals surface area contributed by atoms with Crippen LogP contribution in [0, 0.1) is 34.5 Å². The van der Waals surface area contributed by atoms with Crippen molar-refractivity contribution >= 4 is 0 Å². The number of allylic oxidation sites excluding steroid dienone is 1. The van der Waals surface area contributed by atoms with Crippen LogP contribution in [-0.2, 0) is 0 Å². The Morgan fingerprint density at radius 1 is 1.28 bits per heavy atom. The molecule has 0 saturated heterocycles. The van der Waals surface area contributed by atoms with Gasteiger partial charge in [-0.25, -0.2) is 0 Å². The van der Waals surface area contributed by atoms with Gasteiger partial charge in [-0.15, -0.1) is 0 Å². The molecule has 0 amide bonds. The van der Waals surface area contributed by atoms with Crippen LogP contribution in [0.4, 0.5) is 0 Å². The molecule has 18 heavy (non-hydrogen) atoms. The highest BCUT2D eigenvalue weighted by Gasteiger charge is 2.24. The van der Waals surface area contributed by atoms with Crippen molar-refractivity contribution in [2.75, 3.05) is 19.6 Å². The average molecular weight is 245 g/mol. The van der Waals surface area contributed by atoms with Crippen LogP contribution in [0.15, 0.2) is 11.6 Å². The molecule has 0 radical (unpaired) electrons. The third kappa shape index (κ3) is 4.51. The summed E-state index contributed by atoms with van der Waals surface area (Å²) in [7, 11) is 0. The first-order valence-electron chi connectivity index (χ1n) is 6.82. The Bertz CT molecular complexity index is 341. The van der Waals surface area contributed by atoms with Gasteiger partial charge >= 0.3 is 0 Å². The number of hydrogen-bond acceptors (Lipinski definition) is 3. The molecule has 1 aliphatic carbocycles. The van der Waals surface area contributed by atoms with Crippen LogP contribution in [0.5, 0.6) is 0 Å². The van der Waals surface area contributed by atoms with E-state index in [9.17, 15) is 0 Å². The molecule has 2 atom stereocenters. The molecule has 3 heteroatoms. The van der Waals surface area contributed by atoms with Crippen LogP contribution in [0.1, 0.15) is 39.5 Å². The first kappa shape index (κ1) is 14.7. The Kier molecular flexibility index (Phi) is 6.47. The Morgan fingerprint density at radius 2 is 1.89 bits per heavy atom. The van der Waals surface area contributed by atoms with E-state index in [2.05, 4.69) is 37.0 Å². The van der Waals surface area contributed by atoms with Crippen molar-refractivity contribution < 1.29 is 0 Å². The van der Waals surface area contributed by atoms with Gasteiger partial charge in [-0.05, 0) is 31.6 Å². The molecule has 0 aromatic rings. The molecule has 0 aliphatic heterocycles. The summed E-state index contributed by atoms with van der Waals surface area (Å²) < 4.78 is 0. The van der Waals surface area contributed by atoms with Crippen molar-refractivity contribution in [3.8, 4) is 12.1 Å². The van der Waals surface area contributed by atoms with Crippen molar-refractivity contribution in [2.45, 2.75) is 39.5 Å². The maximum Gasteiger partial charge on any atom is 0.0635 e. The molecule has 98 valence electrons.